The Morgan fingerprint density at radius 2 is 2.04 bits per heavy atom. The number of aliphatic hydroxyl groups excluding tert-OH is 1. The molecule has 0 saturated heterocycles. The van der Waals surface area contributed by atoms with Crippen LogP contribution in [0.25, 0.3) is 11.0 Å². The van der Waals surface area contributed by atoms with Crippen molar-refractivity contribution in [3.63, 3.8) is 0 Å². The molecule has 1 amide bonds. The van der Waals surface area contributed by atoms with Gasteiger partial charge in [-0.2, -0.15) is 0 Å². The van der Waals surface area contributed by atoms with Gasteiger partial charge in [0.1, 0.15) is 24.3 Å². The molecule has 3 aromatic rings. The van der Waals surface area contributed by atoms with E-state index in [9.17, 15) is 9.90 Å². The van der Waals surface area contributed by atoms with Crippen molar-refractivity contribution in [2.75, 3.05) is 13.6 Å². The maximum absolute atomic E-state index is 12.6. The highest BCUT2D eigenvalue weighted by Crippen LogP contribution is 2.28. The Bertz CT molecular complexity index is 941. The number of aryl methyl sites for hydroxylation is 1. The predicted octanol–water partition coefficient (Wildman–Crippen LogP) is 2.38. The van der Waals surface area contributed by atoms with E-state index in [1.165, 1.54) is 5.56 Å². The number of imidazole rings is 1. The number of rotatable bonds is 6. The number of carbonyl (C=O) groups is 1. The van der Waals surface area contributed by atoms with Gasteiger partial charge >= 0.3 is 0 Å². The Kier molecular flexibility index (Phi) is 4.81. The smallest absolute Gasteiger partial charge is 0.224 e. The maximum atomic E-state index is 12.6. The SMILES string of the molecule is CN(C[C@H]1Cc2ccccc2O1)C(=O)CCn1c(CO)nc2ccccc21. The van der Waals surface area contributed by atoms with Crippen LogP contribution in [0.2, 0.25) is 0 Å². The van der Waals surface area contributed by atoms with Crippen molar-refractivity contribution in [1.82, 2.24) is 14.5 Å². The molecule has 1 atom stereocenters. The molecule has 6 nitrogen and oxygen atoms in total. The quantitative estimate of drug-likeness (QED) is 0.728. The normalized spacial score (nSPS) is 15.6. The van der Waals surface area contributed by atoms with Gasteiger partial charge in [0.25, 0.3) is 0 Å². The highest BCUT2D eigenvalue weighted by atomic mass is 16.5. The first-order chi connectivity index (χ1) is 13.2. The summed E-state index contributed by atoms with van der Waals surface area (Å²) in [5.41, 5.74) is 2.96. The van der Waals surface area contributed by atoms with Gasteiger partial charge in [-0.05, 0) is 23.8 Å². The molecule has 0 spiro atoms. The largest absolute Gasteiger partial charge is 0.488 e. The summed E-state index contributed by atoms with van der Waals surface area (Å²) >= 11 is 0. The van der Waals surface area contributed by atoms with Gasteiger partial charge < -0.3 is 19.3 Å². The van der Waals surface area contributed by atoms with Gasteiger partial charge in [-0.25, -0.2) is 4.98 Å². The summed E-state index contributed by atoms with van der Waals surface area (Å²) in [7, 11) is 1.81. The molecule has 2 aromatic carbocycles. The van der Waals surface area contributed by atoms with E-state index in [1.54, 1.807) is 4.90 Å². The zero-order valence-corrected chi connectivity index (χ0v) is 15.3. The number of nitrogens with zero attached hydrogens (tertiary/aromatic N) is 3. The second kappa shape index (κ2) is 7.40. The minimum atomic E-state index is -0.146. The minimum absolute atomic E-state index is 0.00146. The van der Waals surface area contributed by atoms with Crippen LogP contribution < -0.4 is 4.74 Å². The minimum Gasteiger partial charge on any atom is -0.488 e. The number of hydrogen-bond donors (Lipinski definition) is 1. The van der Waals surface area contributed by atoms with Crippen molar-refractivity contribution in [2.24, 2.45) is 0 Å². The van der Waals surface area contributed by atoms with E-state index in [4.69, 9.17) is 4.74 Å². The molecule has 1 aliphatic rings. The van der Waals surface area contributed by atoms with E-state index in [0.29, 0.717) is 25.3 Å². The van der Waals surface area contributed by atoms with Crippen molar-refractivity contribution < 1.29 is 14.6 Å². The lowest BCUT2D eigenvalue weighted by Gasteiger charge is -2.21. The summed E-state index contributed by atoms with van der Waals surface area (Å²) < 4.78 is 7.85. The summed E-state index contributed by atoms with van der Waals surface area (Å²) in [5.74, 6) is 1.55. The molecule has 140 valence electrons. The highest BCUT2D eigenvalue weighted by Gasteiger charge is 2.25. The standard InChI is InChI=1S/C21H23N3O3/c1-23(13-16-12-15-6-2-5-9-19(15)27-16)21(26)10-11-24-18-8-4-3-7-17(18)22-20(24)14-25/h2-9,16,25H,10-14H2,1H3/t16-/m1/s1. The zero-order chi connectivity index (χ0) is 18.8. The zero-order valence-electron chi connectivity index (χ0n) is 15.3. The fourth-order valence-electron chi connectivity index (χ4n) is 3.66. The molecule has 0 bridgehead atoms. The molecule has 4 rings (SSSR count). The summed E-state index contributed by atoms with van der Waals surface area (Å²) in [6.45, 7) is 0.906. The molecule has 0 fully saturated rings. The number of aromatic nitrogens is 2. The molecule has 6 heteroatoms. The van der Waals surface area contributed by atoms with Crippen molar-refractivity contribution in [3.05, 3.63) is 59.9 Å². The average Bonchev–Trinajstić information content (AvgIpc) is 3.26. The van der Waals surface area contributed by atoms with Crippen molar-refractivity contribution in [2.45, 2.75) is 32.1 Å². The van der Waals surface area contributed by atoms with Gasteiger partial charge in [-0.3, -0.25) is 4.79 Å². The summed E-state index contributed by atoms with van der Waals surface area (Å²) in [5, 5.41) is 9.57. The van der Waals surface area contributed by atoms with Crippen LogP contribution in [-0.2, 0) is 24.4 Å². The number of hydrogen-bond acceptors (Lipinski definition) is 4. The van der Waals surface area contributed by atoms with Crippen LogP contribution >= 0.6 is 0 Å². The molecule has 1 aromatic heterocycles. The number of carbonyl (C=O) groups excluding carboxylic acids is 1. The monoisotopic (exact) mass is 365 g/mol. The van der Waals surface area contributed by atoms with Crippen LogP contribution in [0.15, 0.2) is 48.5 Å². The molecule has 0 unspecified atom stereocenters. The average molecular weight is 365 g/mol. The number of benzene rings is 2. The second-order valence-corrected chi connectivity index (χ2v) is 6.90. The number of aliphatic hydroxyl groups is 1. The first kappa shape index (κ1) is 17.5. The van der Waals surface area contributed by atoms with Crippen molar-refractivity contribution in [3.8, 4) is 5.75 Å². The van der Waals surface area contributed by atoms with Crippen molar-refractivity contribution >= 4 is 16.9 Å². The van der Waals surface area contributed by atoms with E-state index in [2.05, 4.69) is 11.1 Å². The third-order valence-corrected chi connectivity index (χ3v) is 5.04. The Morgan fingerprint density at radius 3 is 2.85 bits per heavy atom. The third-order valence-electron chi connectivity index (χ3n) is 5.04. The third kappa shape index (κ3) is 3.53. The van der Waals surface area contributed by atoms with E-state index in [0.717, 1.165) is 23.2 Å². The van der Waals surface area contributed by atoms with Crippen LogP contribution in [-0.4, -0.2) is 45.2 Å². The fourth-order valence-corrected chi connectivity index (χ4v) is 3.66. The van der Waals surface area contributed by atoms with Gasteiger partial charge in [0.15, 0.2) is 0 Å². The number of para-hydroxylation sites is 3. The highest BCUT2D eigenvalue weighted by molar-refractivity contribution is 5.78. The lowest BCUT2D eigenvalue weighted by atomic mass is 10.1. The number of fused-ring (bicyclic) bond motifs is 2. The van der Waals surface area contributed by atoms with Crippen LogP contribution in [0.5, 0.6) is 5.75 Å². The molecule has 1 aliphatic heterocycles. The van der Waals surface area contributed by atoms with Gasteiger partial charge in [-0.1, -0.05) is 30.3 Å². The lowest BCUT2D eigenvalue weighted by molar-refractivity contribution is -0.131. The van der Waals surface area contributed by atoms with E-state index in [-0.39, 0.29) is 18.6 Å². The Morgan fingerprint density at radius 1 is 1.26 bits per heavy atom. The van der Waals surface area contributed by atoms with Gasteiger partial charge in [0, 0.05) is 26.4 Å². The Balaban J connectivity index is 1.37. The molecule has 0 saturated carbocycles. The first-order valence-corrected chi connectivity index (χ1v) is 9.19. The van der Waals surface area contributed by atoms with Gasteiger partial charge in [-0.15, -0.1) is 0 Å². The van der Waals surface area contributed by atoms with Crippen LogP contribution in [0.3, 0.4) is 0 Å². The number of ether oxygens (including phenoxy) is 1. The topological polar surface area (TPSA) is 67.6 Å². The second-order valence-electron chi connectivity index (χ2n) is 6.90. The molecular weight excluding hydrogens is 342 g/mol. The predicted molar refractivity (Wildman–Crippen MR) is 102 cm³/mol. The molecule has 1 N–H and O–H groups in total. The van der Waals surface area contributed by atoms with E-state index < -0.39 is 0 Å². The summed E-state index contributed by atoms with van der Waals surface area (Å²) in [4.78, 5) is 18.8. The Labute approximate surface area is 158 Å². The van der Waals surface area contributed by atoms with Crippen LogP contribution in [0, 0.1) is 0 Å². The van der Waals surface area contributed by atoms with Crippen LogP contribution in [0.1, 0.15) is 17.8 Å². The molecule has 2 heterocycles. The molecule has 27 heavy (non-hydrogen) atoms. The lowest BCUT2D eigenvalue weighted by Crippen LogP contribution is -2.36. The number of likely N-dealkylation sites (N-methyl/N-ethyl adjacent to an activating group) is 1. The van der Waals surface area contributed by atoms with Crippen molar-refractivity contribution in [1.29, 1.82) is 0 Å². The molecular formula is C21H23N3O3. The number of amides is 1. The summed E-state index contributed by atoms with van der Waals surface area (Å²) in [6, 6.07) is 15.7. The first-order valence-electron chi connectivity index (χ1n) is 9.19. The molecule has 0 aliphatic carbocycles. The van der Waals surface area contributed by atoms with Gasteiger partial charge in [0.05, 0.1) is 17.6 Å². The fraction of sp³-hybridized carbons (Fsp3) is 0.333. The maximum Gasteiger partial charge on any atom is 0.224 e. The Hall–Kier alpha value is -2.86. The van der Waals surface area contributed by atoms with E-state index in [1.807, 2.05) is 54.1 Å². The van der Waals surface area contributed by atoms with Crippen LogP contribution in [0.4, 0.5) is 0 Å². The van der Waals surface area contributed by atoms with E-state index >= 15 is 0 Å². The molecule has 0 radical (unpaired) electrons. The summed E-state index contributed by atoms with van der Waals surface area (Å²) in [6.07, 6.45) is 1.18. The van der Waals surface area contributed by atoms with Gasteiger partial charge in [0.2, 0.25) is 5.91 Å².